The minimum absolute atomic E-state index is 0.0127. The maximum Gasteiger partial charge on any atom is 0.390 e. The summed E-state index contributed by atoms with van der Waals surface area (Å²) in [6.07, 6.45) is -5.87. The smallest absolute Gasteiger partial charge is 0.390 e. The average Bonchev–Trinajstić information content (AvgIpc) is 2.82. The van der Waals surface area contributed by atoms with E-state index in [1.165, 1.54) is 13.0 Å². The highest BCUT2D eigenvalue weighted by atomic mass is 79.9. The fourth-order valence-corrected chi connectivity index (χ4v) is 5.00. The predicted octanol–water partition coefficient (Wildman–Crippen LogP) is 6.18. The van der Waals surface area contributed by atoms with Crippen LogP contribution in [-0.2, 0) is 16.9 Å². The first-order valence-corrected chi connectivity index (χ1v) is 10.9. The highest BCUT2D eigenvalue weighted by Gasteiger charge is 2.44. The Morgan fingerprint density at radius 2 is 1.78 bits per heavy atom. The molecule has 0 fully saturated rings. The summed E-state index contributed by atoms with van der Waals surface area (Å²) in [4.78, 5) is 0.235. The molecule has 0 aliphatic carbocycles. The third-order valence-corrected chi connectivity index (χ3v) is 7.69. The number of rotatable bonds is 7. The lowest BCUT2D eigenvalue weighted by atomic mass is 9.79. The Balaban J connectivity index is 3.19. The molecule has 3 atom stereocenters. The van der Waals surface area contributed by atoms with Crippen molar-refractivity contribution in [2.45, 2.75) is 70.3 Å². The van der Waals surface area contributed by atoms with E-state index in [1.807, 2.05) is 0 Å². The van der Waals surface area contributed by atoms with Crippen molar-refractivity contribution in [3.63, 3.8) is 0 Å². The molecule has 1 aromatic rings. The van der Waals surface area contributed by atoms with Gasteiger partial charge in [-0.3, -0.25) is 0 Å². The molecule has 1 N–H and O–H groups in total. The highest BCUT2D eigenvalue weighted by Crippen LogP contribution is 2.43. The van der Waals surface area contributed by atoms with Crippen molar-refractivity contribution in [3.8, 4) is 6.07 Å². The Morgan fingerprint density at radius 3 is 2.15 bits per heavy atom. The molecular weight excluding hydrogens is 468 g/mol. The molecule has 0 radical (unpaired) electrons. The van der Waals surface area contributed by atoms with Crippen molar-refractivity contribution in [1.82, 2.24) is 4.72 Å². The molecule has 1 heterocycles. The number of halogens is 5. The van der Waals surface area contributed by atoms with Crippen LogP contribution in [0.4, 0.5) is 17.6 Å². The van der Waals surface area contributed by atoms with Gasteiger partial charge in [0.2, 0.25) is 0 Å². The van der Waals surface area contributed by atoms with Gasteiger partial charge in [0.25, 0.3) is 0 Å². The first-order valence-electron chi connectivity index (χ1n) is 8.14. The van der Waals surface area contributed by atoms with Gasteiger partial charge in [-0.1, -0.05) is 0 Å². The zero-order valence-electron chi connectivity index (χ0n) is 15.8. The Kier molecular flexibility index (Phi) is 7.84. The third kappa shape index (κ3) is 7.20. The number of nitrogens with zero attached hydrogens (tertiary/aromatic N) is 1. The molecular formula is C17H23BrF4N2OS2. The van der Waals surface area contributed by atoms with Crippen molar-refractivity contribution in [2.75, 3.05) is 0 Å². The largest absolute Gasteiger partial charge is 0.598 e. The molecule has 2 unspecified atom stereocenters. The zero-order chi connectivity index (χ0) is 21.3. The second-order valence-corrected chi connectivity index (χ2v) is 12.4. The molecule has 1 rings (SSSR count). The van der Waals surface area contributed by atoms with E-state index in [1.54, 1.807) is 33.8 Å². The molecule has 0 aliphatic rings. The standard InChI is InChI=1S/C17H23BrF4N2OS2/c1-14(2,3)27(25)24-16(5,13-11(19)8-12(18)26-13)7-6-15(4,10-23)9-17(20,21)22/h8,24H,6-7,9H2,1-5H3/t15?,16-,27?/m0/s1. The Labute approximate surface area is 173 Å². The van der Waals surface area contributed by atoms with Crippen LogP contribution < -0.4 is 4.72 Å². The minimum Gasteiger partial charge on any atom is -0.598 e. The van der Waals surface area contributed by atoms with Gasteiger partial charge >= 0.3 is 6.18 Å². The van der Waals surface area contributed by atoms with Crippen LogP contribution >= 0.6 is 27.3 Å². The van der Waals surface area contributed by atoms with Crippen LogP contribution in [0.15, 0.2) is 9.85 Å². The molecule has 0 saturated carbocycles. The van der Waals surface area contributed by atoms with Crippen LogP contribution in [0, 0.1) is 22.6 Å². The van der Waals surface area contributed by atoms with E-state index < -0.39 is 45.5 Å². The van der Waals surface area contributed by atoms with Crippen LogP contribution in [0.3, 0.4) is 0 Å². The summed E-state index contributed by atoms with van der Waals surface area (Å²) < 4.78 is 68.3. The quantitative estimate of drug-likeness (QED) is 0.366. The van der Waals surface area contributed by atoms with E-state index >= 15 is 0 Å². The van der Waals surface area contributed by atoms with Gasteiger partial charge in [0.05, 0.1) is 32.1 Å². The maximum atomic E-state index is 14.4. The SMILES string of the molecule is CC(C#N)(CC[C@](C)(N[S+]([O-])C(C)(C)C)c1sc(Br)cc1F)CC(F)(F)F. The van der Waals surface area contributed by atoms with Crippen LogP contribution in [-0.4, -0.2) is 15.5 Å². The van der Waals surface area contributed by atoms with E-state index in [0.29, 0.717) is 3.79 Å². The van der Waals surface area contributed by atoms with Gasteiger partial charge in [-0.15, -0.1) is 16.1 Å². The molecule has 27 heavy (non-hydrogen) atoms. The molecule has 1 aromatic heterocycles. The normalized spacial score (nSPS) is 18.4. The average molecular weight is 491 g/mol. The molecule has 154 valence electrons. The van der Waals surface area contributed by atoms with Gasteiger partial charge in [0, 0.05) is 11.4 Å². The topological polar surface area (TPSA) is 58.9 Å². The van der Waals surface area contributed by atoms with Gasteiger partial charge in [0.15, 0.2) is 0 Å². The number of thiophene rings is 1. The van der Waals surface area contributed by atoms with E-state index in [9.17, 15) is 27.4 Å². The van der Waals surface area contributed by atoms with Gasteiger partial charge in [-0.05, 0) is 69.5 Å². The summed E-state index contributed by atoms with van der Waals surface area (Å²) >= 11 is 2.70. The summed E-state index contributed by atoms with van der Waals surface area (Å²) in [5, 5.41) is 9.28. The van der Waals surface area contributed by atoms with Gasteiger partial charge in [-0.25, -0.2) is 4.39 Å². The van der Waals surface area contributed by atoms with E-state index in [0.717, 1.165) is 11.3 Å². The summed E-state index contributed by atoms with van der Waals surface area (Å²) in [7, 11) is 0. The summed E-state index contributed by atoms with van der Waals surface area (Å²) in [6.45, 7) is 8.05. The van der Waals surface area contributed by atoms with Crippen molar-refractivity contribution in [3.05, 3.63) is 20.5 Å². The summed E-state index contributed by atoms with van der Waals surface area (Å²) in [6, 6.07) is 3.00. The lowest BCUT2D eigenvalue weighted by Crippen LogP contribution is -2.50. The number of hydrogen-bond acceptors (Lipinski definition) is 4. The molecule has 0 spiro atoms. The van der Waals surface area contributed by atoms with Crippen LogP contribution in [0.25, 0.3) is 0 Å². The van der Waals surface area contributed by atoms with Crippen LogP contribution in [0.1, 0.15) is 58.8 Å². The van der Waals surface area contributed by atoms with Crippen molar-refractivity contribution >= 4 is 38.6 Å². The van der Waals surface area contributed by atoms with E-state index in [2.05, 4.69) is 20.7 Å². The fraction of sp³-hybridized carbons (Fsp3) is 0.706. The van der Waals surface area contributed by atoms with Crippen molar-refractivity contribution in [2.24, 2.45) is 5.41 Å². The molecule has 0 amide bonds. The van der Waals surface area contributed by atoms with Gasteiger partial charge in [-0.2, -0.15) is 18.4 Å². The Morgan fingerprint density at radius 1 is 1.22 bits per heavy atom. The lowest BCUT2D eigenvalue weighted by Gasteiger charge is -2.36. The van der Waals surface area contributed by atoms with Crippen molar-refractivity contribution < 1.29 is 22.1 Å². The Bertz CT molecular complexity index is 699. The van der Waals surface area contributed by atoms with Crippen LogP contribution in [0.5, 0.6) is 0 Å². The number of alkyl halides is 3. The van der Waals surface area contributed by atoms with Gasteiger partial charge in [0.1, 0.15) is 10.6 Å². The second-order valence-electron chi connectivity index (χ2n) is 8.01. The number of nitrogens with one attached hydrogen (secondary N) is 1. The minimum atomic E-state index is -4.49. The molecule has 0 saturated heterocycles. The van der Waals surface area contributed by atoms with Gasteiger partial charge < -0.3 is 4.55 Å². The second kappa shape index (κ2) is 8.57. The maximum absolute atomic E-state index is 14.4. The number of hydrogen-bond donors (Lipinski definition) is 1. The fourth-order valence-electron chi connectivity index (χ4n) is 2.44. The van der Waals surface area contributed by atoms with E-state index in [4.69, 9.17) is 0 Å². The third-order valence-electron chi connectivity index (χ3n) is 4.07. The monoisotopic (exact) mass is 490 g/mol. The first-order chi connectivity index (χ1) is 12.0. The molecule has 3 nitrogen and oxygen atoms in total. The molecule has 0 aromatic carbocycles. The molecule has 0 aliphatic heterocycles. The van der Waals surface area contributed by atoms with Crippen molar-refractivity contribution in [1.29, 1.82) is 5.26 Å². The first kappa shape index (κ1) is 24.7. The molecule has 10 heteroatoms. The number of nitriles is 1. The predicted molar refractivity (Wildman–Crippen MR) is 104 cm³/mol. The highest BCUT2D eigenvalue weighted by molar-refractivity contribution is 9.11. The zero-order valence-corrected chi connectivity index (χ0v) is 19.0. The Hall–Kier alpha value is -0.340. The van der Waals surface area contributed by atoms with Crippen LogP contribution in [0.2, 0.25) is 0 Å². The summed E-state index contributed by atoms with van der Waals surface area (Å²) in [5.41, 5.74) is -2.85. The summed E-state index contributed by atoms with van der Waals surface area (Å²) in [5.74, 6) is -0.540. The molecule has 0 bridgehead atoms. The lowest BCUT2D eigenvalue weighted by molar-refractivity contribution is -0.151. The van der Waals surface area contributed by atoms with E-state index in [-0.39, 0.29) is 17.7 Å².